The molecule has 0 aliphatic heterocycles. The molecular weight excluding hydrogens is 310 g/mol. The van der Waals surface area contributed by atoms with E-state index in [1.54, 1.807) is 17.5 Å². The van der Waals surface area contributed by atoms with Gasteiger partial charge in [0.15, 0.2) is 0 Å². The van der Waals surface area contributed by atoms with Crippen LogP contribution in [-0.2, 0) is 0 Å². The zero-order valence-corrected chi connectivity index (χ0v) is 13.9. The number of aliphatic hydroxyl groups excluding tert-OH is 1. The number of carbonyl (C=O) groups excluding carboxylic acids is 1. The highest BCUT2D eigenvalue weighted by Gasteiger charge is 2.39. The summed E-state index contributed by atoms with van der Waals surface area (Å²) >= 11 is 1.57. The van der Waals surface area contributed by atoms with Crippen LogP contribution in [0.3, 0.4) is 0 Å². The molecule has 1 aromatic carbocycles. The number of rotatable bonds is 4. The number of nitrogens with zero attached hydrogens (tertiary/aromatic N) is 1. The first kappa shape index (κ1) is 16.0. The van der Waals surface area contributed by atoms with Crippen LogP contribution in [0.2, 0.25) is 0 Å². The molecule has 1 aromatic heterocycles. The van der Waals surface area contributed by atoms with Crippen molar-refractivity contribution in [3.8, 4) is 10.6 Å². The third-order valence-corrected chi connectivity index (χ3v) is 5.37. The van der Waals surface area contributed by atoms with Crippen LogP contribution in [0.5, 0.6) is 0 Å². The van der Waals surface area contributed by atoms with Gasteiger partial charge in [-0.2, -0.15) is 0 Å². The molecule has 23 heavy (non-hydrogen) atoms. The maximum Gasteiger partial charge on any atom is 0.319 e. The molecule has 2 amide bonds. The Bertz CT molecular complexity index is 674. The number of urea groups is 1. The minimum absolute atomic E-state index is 0.00893. The average molecular weight is 331 g/mol. The van der Waals surface area contributed by atoms with E-state index in [4.69, 9.17) is 0 Å². The largest absolute Gasteiger partial charge is 0.396 e. The van der Waals surface area contributed by atoms with Crippen LogP contribution in [0.1, 0.15) is 26.2 Å². The summed E-state index contributed by atoms with van der Waals surface area (Å²) in [6.07, 6.45) is 4.64. The first-order valence-electron chi connectivity index (χ1n) is 7.79. The van der Waals surface area contributed by atoms with E-state index in [2.05, 4.69) is 15.6 Å². The normalized spacial score (nSPS) is 23.7. The predicted octanol–water partition coefficient (Wildman–Crippen LogP) is 3.48. The summed E-state index contributed by atoms with van der Waals surface area (Å²) in [6, 6.07) is 7.43. The predicted molar refractivity (Wildman–Crippen MR) is 92.5 cm³/mol. The monoisotopic (exact) mass is 331 g/mol. The van der Waals surface area contributed by atoms with E-state index >= 15 is 0 Å². The standard InChI is InChI=1S/C17H21N3O2S/c1-17(11-21)7-3-6-14(17)20-16(22)19-13-5-2-4-12(10-13)15-18-8-9-23-15/h2,4-5,8-10,14,21H,3,6-7,11H2,1H3,(H2,19,20,22). The summed E-state index contributed by atoms with van der Waals surface area (Å²) < 4.78 is 0. The van der Waals surface area contributed by atoms with Gasteiger partial charge in [-0.15, -0.1) is 11.3 Å². The lowest BCUT2D eigenvalue weighted by atomic mass is 9.86. The first-order chi connectivity index (χ1) is 11.1. The molecular formula is C17H21N3O2S. The van der Waals surface area contributed by atoms with E-state index in [9.17, 15) is 9.90 Å². The highest BCUT2D eigenvalue weighted by atomic mass is 32.1. The van der Waals surface area contributed by atoms with E-state index in [0.717, 1.165) is 35.5 Å². The molecule has 0 saturated heterocycles. The number of hydrogen-bond donors (Lipinski definition) is 3. The highest BCUT2D eigenvalue weighted by Crippen LogP contribution is 2.37. The maximum atomic E-state index is 12.3. The van der Waals surface area contributed by atoms with Crippen molar-refractivity contribution in [2.24, 2.45) is 5.41 Å². The molecule has 2 aromatic rings. The number of nitrogens with one attached hydrogen (secondary N) is 2. The van der Waals surface area contributed by atoms with Gasteiger partial charge in [0.05, 0.1) is 6.61 Å². The molecule has 2 atom stereocenters. The van der Waals surface area contributed by atoms with Crippen LogP contribution < -0.4 is 10.6 Å². The Morgan fingerprint density at radius 2 is 2.39 bits per heavy atom. The molecule has 2 unspecified atom stereocenters. The van der Waals surface area contributed by atoms with Gasteiger partial charge in [0.25, 0.3) is 0 Å². The van der Waals surface area contributed by atoms with Gasteiger partial charge in [-0.1, -0.05) is 25.5 Å². The Morgan fingerprint density at radius 3 is 3.13 bits per heavy atom. The van der Waals surface area contributed by atoms with E-state index in [1.165, 1.54) is 0 Å². The van der Waals surface area contributed by atoms with Crippen LogP contribution in [0.25, 0.3) is 10.6 Å². The number of aromatic nitrogens is 1. The molecule has 1 saturated carbocycles. The Hall–Kier alpha value is -1.92. The number of thiazole rings is 1. The average Bonchev–Trinajstić information content (AvgIpc) is 3.19. The van der Waals surface area contributed by atoms with Crippen molar-refractivity contribution < 1.29 is 9.90 Å². The van der Waals surface area contributed by atoms with Crippen molar-refractivity contribution in [2.75, 3.05) is 11.9 Å². The summed E-state index contributed by atoms with van der Waals surface area (Å²) in [7, 11) is 0. The lowest BCUT2D eigenvalue weighted by Crippen LogP contribution is -2.46. The lowest BCUT2D eigenvalue weighted by Gasteiger charge is -2.30. The molecule has 3 rings (SSSR count). The molecule has 1 fully saturated rings. The minimum Gasteiger partial charge on any atom is -0.396 e. The molecule has 0 bridgehead atoms. The summed E-state index contributed by atoms with van der Waals surface area (Å²) in [6.45, 7) is 2.12. The summed E-state index contributed by atoms with van der Waals surface area (Å²) in [5, 5.41) is 18.3. The van der Waals surface area contributed by atoms with Gasteiger partial charge >= 0.3 is 6.03 Å². The fourth-order valence-electron chi connectivity index (χ4n) is 3.09. The quantitative estimate of drug-likeness (QED) is 0.803. The number of anilines is 1. The molecule has 1 aliphatic rings. The number of carbonyl (C=O) groups is 1. The summed E-state index contributed by atoms with van der Waals surface area (Å²) in [4.78, 5) is 16.5. The van der Waals surface area contributed by atoms with E-state index in [1.807, 2.05) is 36.6 Å². The van der Waals surface area contributed by atoms with Crippen LogP contribution in [0.4, 0.5) is 10.5 Å². The number of benzene rings is 1. The van der Waals surface area contributed by atoms with Gasteiger partial charge in [-0.3, -0.25) is 0 Å². The van der Waals surface area contributed by atoms with Gasteiger partial charge < -0.3 is 15.7 Å². The van der Waals surface area contributed by atoms with E-state index < -0.39 is 0 Å². The Balaban J connectivity index is 1.65. The summed E-state index contributed by atoms with van der Waals surface area (Å²) in [5.41, 5.74) is 1.50. The number of aliphatic hydroxyl groups is 1. The second kappa shape index (κ2) is 6.68. The molecule has 1 heterocycles. The zero-order valence-electron chi connectivity index (χ0n) is 13.1. The smallest absolute Gasteiger partial charge is 0.319 e. The van der Waals surface area contributed by atoms with Crippen LogP contribution >= 0.6 is 11.3 Å². The molecule has 5 nitrogen and oxygen atoms in total. The van der Waals surface area contributed by atoms with Crippen molar-refractivity contribution in [3.63, 3.8) is 0 Å². The second-order valence-electron chi connectivity index (χ2n) is 6.27. The molecule has 0 spiro atoms. The van der Waals surface area contributed by atoms with Gasteiger partial charge in [0, 0.05) is 34.3 Å². The van der Waals surface area contributed by atoms with Crippen molar-refractivity contribution in [1.29, 1.82) is 0 Å². The molecule has 122 valence electrons. The van der Waals surface area contributed by atoms with Gasteiger partial charge in [0.1, 0.15) is 5.01 Å². The highest BCUT2D eigenvalue weighted by molar-refractivity contribution is 7.13. The third kappa shape index (κ3) is 3.54. The van der Waals surface area contributed by atoms with E-state index in [0.29, 0.717) is 0 Å². The Labute approximate surface area is 139 Å². The van der Waals surface area contributed by atoms with Crippen LogP contribution in [0, 0.1) is 5.41 Å². The fraction of sp³-hybridized carbons (Fsp3) is 0.412. The van der Waals surface area contributed by atoms with Crippen molar-refractivity contribution >= 4 is 23.1 Å². The zero-order chi connectivity index (χ0) is 16.3. The Morgan fingerprint density at radius 1 is 1.52 bits per heavy atom. The maximum absolute atomic E-state index is 12.3. The van der Waals surface area contributed by atoms with E-state index in [-0.39, 0.29) is 24.1 Å². The van der Waals surface area contributed by atoms with Crippen molar-refractivity contribution in [2.45, 2.75) is 32.2 Å². The molecule has 6 heteroatoms. The van der Waals surface area contributed by atoms with Crippen LogP contribution in [-0.4, -0.2) is 28.8 Å². The number of hydrogen-bond acceptors (Lipinski definition) is 4. The Kier molecular flexibility index (Phi) is 4.63. The van der Waals surface area contributed by atoms with Crippen molar-refractivity contribution in [1.82, 2.24) is 10.3 Å². The van der Waals surface area contributed by atoms with Gasteiger partial charge in [-0.05, 0) is 25.0 Å². The third-order valence-electron chi connectivity index (χ3n) is 4.55. The molecule has 3 N–H and O–H groups in total. The first-order valence-corrected chi connectivity index (χ1v) is 8.67. The second-order valence-corrected chi connectivity index (χ2v) is 7.17. The SMILES string of the molecule is CC1(CO)CCCC1NC(=O)Nc1cccc(-c2nccs2)c1. The minimum atomic E-state index is -0.229. The van der Waals surface area contributed by atoms with Gasteiger partial charge in [-0.25, -0.2) is 9.78 Å². The topological polar surface area (TPSA) is 74.2 Å². The fourth-order valence-corrected chi connectivity index (χ4v) is 3.73. The van der Waals surface area contributed by atoms with Crippen molar-refractivity contribution in [3.05, 3.63) is 35.8 Å². The summed E-state index contributed by atoms with van der Waals surface area (Å²) in [5.74, 6) is 0. The van der Waals surface area contributed by atoms with Crippen LogP contribution in [0.15, 0.2) is 35.8 Å². The number of amides is 2. The molecule has 1 aliphatic carbocycles. The van der Waals surface area contributed by atoms with Gasteiger partial charge in [0.2, 0.25) is 0 Å². The lowest BCUT2D eigenvalue weighted by molar-refractivity contribution is 0.122. The molecule has 0 radical (unpaired) electrons.